The molecule has 0 fully saturated rings. The van der Waals surface area contributed by atoms with Gasteiger partial charge in [-0.15, -0.1) is 6.42 Å². The Hall–Kier alpha value is -1.80. The number of ether oxygens (including phenoxy) is 1. The van der Waals surface area contributed by atoms with Crippen LogP contribution in [0.3, 0.4) is 0 Å². The van der Waals surface area contributed by atoms with Crippen LogP contribution in [-0.2, 0) is 6.54 Å². The molecule has 2 N–H and O–H groups in total. The summed E-state index contributed by atoms with van der Waals surface area (Å²) in [7, 11) is 0. The molecular formula is C16H17NO2S. The quantitative estimate of drug-likeness (QED) is 0.769. The van der Waals surface area contributed by atoms with Crippen LogP contribution in [0.4, 0.5) is 0 Å². The third-order valence-electron chi connectivity index (χ3n) is 2.84. The molecule has 0 bridgehead atoms. The Balaban J connectivity index is 1.75. The van der Waals surface area contributed by atoms with Gasteiger partial charge in [0.1, 0.15) is 12.4 Å². The Morgan fingerprint density at radius 2 is 2.10 bits per heavy atom. The van der Waals surface area contributed by atoms with Gasteiger partial charge in [-0.1, -0.05) is 18.1 Å². The zero-order valence-corrected chi connectivity index (χ0v) is 11.9. The van der Waals surface area contributed by atoms with Crippen LogP contribution in [0, 0.1) is 12.3 Å². The second-order valence-corrected chi connectivity index (χ2v) is 5.12. The maximum Gasteiger partial charge on any atom is 0.148 e. The Morgan fingerprint density at radius 3 is 2.75 bits per heavy atom. The lowest BCUT2D eigenvalue weighted by Crippen LogP contribution is -2.20. The monoisotopic (exact) mass is 287 g/mol. The van der Waals surface area contributed by atoms with Crippen LogP contribution in [0.15, 0.2) is 41.1 Å². The Bertz CT molecular complexity index is 543. The molecule has 0 aliphatic carbocycles. The summed E-state index contributed by atoms with van der Waals surface area (Å²) in [4.78, 5) is 0. The topological polar surface area (TPSA) is 41.5 Å². The maximum atomic E-state index is 9.93. The fourth-order valence-electron chi connectivity index (χ4n) is 1.76. The molecule has 2 rings (SSSR count). The van der Waals surface area contributed by atoms with Crippen molar-refractivity contribution in [2.45, 2.75) is 12.6 Å². The zero-order chi connectivity index (χ0) is 14.2. The van der Waals surface area contributed by atoms with Gasteiger partial charge in [-0.3, -0.25) is 0 Å². The largest absolute Gasteiger partial charge is 0.481 e. The van der Waals surface area contributed by atoms with E-state index in [2.05, 4.69) is 11.2 Å². The lowest BCUT2D eigenvalue weighted by molar-refractivity contribution is 0.175. The van der Waals surface area contributed by atoms with Crippen molar-refractivity contribution in [1.82, 2.24) is 5.32 Å². The number of aliphatic hydroxyl groups excluding tert-OH is 1. The predicted molar refractivity (Wildman–Crippen MR) is 81.8 cm³/mol. The number of rotatable bonds is 7. The molecule has 20 heavy (non-hydrogen) atoms. The molecule has 104 valence electrons. The smallest absolute Gasteiger partial charge is 0.148 e. The molecule has 0 spiro atoms. The molecule has 0 radical (unpaired) electrons. The van der Waals surface area contributed by atoms with E-state index in [1.165, 1.54) is 0 Å². The van der Waals surface area contributed by atoms with Crippen LogP contribution in [0.2, 0.25) is 0 Å². The number of terminal acetylenes is 1. The van der Waals surface area contributed by atoms with Crippen molar-refractivity contribution in [3.8, 4) is 18.1 Å². The standard InChI is InChI=1S/C16H17NO2S/c1-2-8-19-15-5-3-13(4-6-15)10-17-11-16(18)14-7-9-20-12-14/h1,3-7,9,12,16-18H,8,10-11H2. The molecule has 1 aromatic heterocycles. The van der Waals surface area contributed by atoms with Crippen molar-refractivity contribution >= 4 is 11.3 Å². The molecule has 1 atom stereocenters. The van der Waals surface area contributed by atoms with Gasteiger partial charge in [-0.2, -0.15) is 11.3 Å². The molecular weight excluding hydrogens is 270 g/mol. The van der Waals surface area contributed by atoms with Crippen LogP contribution in [0.25, 0.3) is 0 Å². The Labute approximate surface area is 123 Å². The summed E-state index contributed by atoms with van der Waals surface area (Å²) in [5.41, 5.74) is 2.09. The summed E-state index contributed by atoms with van der Waals surface area (Å²) in [5.74, 6) is 3.20. The summed E-state index contributed by atoms with van der Waals surface area (Å²) in [6.45, 7) is 1.52. The average Bonchev–Trinajstić information content (AvgIpc) is 3.00. The van der Waals surface area contributed by atoms with E-state index in [1.807, 2.05) is 41.1 Å². The Kier molecular flexibility index (Phi) is 5.63. The van der Waals surface area contributed by atoms with E-state index in [1.54, 1.807) is 11.3 Å². The highest BCUT2D eigenvalue weighted by Crippen LogP contribution is 2.16. The van der Waals surface area contributed by atoms with Gasteiger partial charge in [0.25, 0.3) is 0 Å². The minimum atomic E-state index is -0.459. The van der Waals surface area contributed by atoms with E-state index in [0.29, 0.717) is 13.1 Å². The van der Waals surface area contributed by atoms with Gasteiger partial charge in [0.2, 0.25) is 0 Å². The van der Waals surface area contributed by atoms with E-state index >= 15 is 0 Å². The highest BCUT2D eigenvalue weighted by molar-refractivity contribution is 7.07. The second kappa shape index (κ2) is 7.71. The maximum absolute atomic E-state index is 9.93. The average molecular weight is 287 g/mol. The highest BCUT2D eigenvalue weighted by atomic mass is 32.1. The van der Waals surface area contributed by atoms with Crippen molar-refractivity contribution in [3.05, 3.63) is 52.2 Å². The number of aliphatic hydroxyl groups is 1. The molecule has 4 heteroatoms. The van der Waals surface area contributed by atoms with Gasteiger partial charge >= 0.3 is 0 Å². The third-order valence-corrected chi connectivity index (χ3v) is 3.54. The fraction of sp³-hybridized carbons (Fsp3) is 0.250. The van der Waals surface area contributed by atoms with Crippen LogP contribution in [-0.4, -0.2) is 18.3 Å². The van der Waals surface area contributed by atoms with Gasteiger partial charge in [0, 0.05) is 13.1 Å². The molecule has 1 unspecified atom stereocenters. The first-order valence-electron chi connectivity index (χ1n) is 6.35. The Morgan fingerprint density at radius 1 is 1.30 bits per heavy atom. The van der Waals surface area contributed by atoms with Crippen LogP contribution in [0.1, 0.15) is 17.2 Å². The fourth-order valence-corrected chi connectivity index (χ4v) is 2.47. The van der Waals surface area contributed by atoms with E-state index in [4.69, 9.17) is 11.2 Å². The summed E-state index contributed by atoms with van der Waals surface area (Å²) >= 11 is 1.59. The molecule has 1 heterocycles. The molecule has 3 nitrogen and oxygen atoms in total. The lowest BCUT2D eigenvalue weighted by Gasteiger charge is -2.11. The van der Waals surface area contributed by atoms with Crippen LogP contribution in [0.5, 0.6) is 5.75 Å². The van der Waals surface area contributed by atoms with Gasteiger partial charge < -0.3 is 15.2 Å². The molecule has 0 amide bonds. The van der Waals surface area contributed by atoms with Crippen LogP contribution >= 0.6 is 11.3 Å². The minimum Gasteiger partial charge on any atom is -0.481 e. The summed E-state index contributed by atoms with van der Waals surface area (Å²) in [5, 5.41) is 17.1. The van der Waals surface area contributed by atoms with Gasteiger partial charge in [-0.05, 0) is 40.1 Å². The first-order valence-corrected chi connectivity index (χ1v) is 7.30. The SMILES string of the molecule is C#CCOc1ccc(CNCC(O)c2ccsc2)cc1. The third kappa shape index (κ3) is 4.39. The predicted octanol–water partition coefficient (Wildman–Crippen LogP) is 2.58. The van der Waals surface area contributed by atoms with Gasteiger partial charge in [0.05, 0.1) is 6.10 Å². The first-order chi connectivity index (χ1) is 9.79. The summed E-state index contributed by atoms with van der Waals surface area (Å²) in [6.07, 6.45) is 4.67. The number of benzene rings is 1. The first kappa shape index (κ1) is 14.6. The normalized spacial score (nSPS) is 11.8. The minimum absolute atomic E-state index is 0.282. The van der Waals surface area contributed by atoms with E-state index in [-0.39, 0.29) is 6.61 Å². The van der Waals surface area contributed by atoms with Gasteiger partial charge in [-0.25, -0.2) is 0 Å². The van der Waals surface area contributed by atoms with Crippen molar-refractivity contribution in [2.75, 3.05) is 13.2 Å². The number of hydrogen-bond acceptors (Lipinski definition) is 4. The van der Waals surface area contributed by atoms with E-state index in [0.717, 1.165) is 16.9 Å². The highest BCUT2D eigenvalue weighted by Gasteiger charge is 2.06. The summed E-state index contributed by atoms with van der Waals surface area (Å²) in [6, 6.07) is 9.69. The number of nitrogens with one attached hydrogen (secondary N) is 1. The molecule has 1 aromatic carbocycles. The van der Waals surface area contributed by atoms with Crippen LogP contribution < -0.4 is 10.1 Å². The molecule has 0 saturated carbocycles. The number of thiophene rings is 1. The van der Waals surface area contributed by atoms with E-state index in [9.17, 15) is 5.11 Å². The van der Waals surface area contributed by atoms with Gasteiger partial charge in [0.15, 0.2) is 0 Å². The number of hydrogen-bond donors (Lipinski definition) is 2. The second-order valence-electron chi connectivity index (χ2n) is 4.34. The van der Waals surface area contributed by atoms with Crippen molar-refractivity contribution in [2.24, 2.45) is 0 Å². The molecule has 0 saturated heterocycles. The molecule has 0 aliphatic heterocycles. The lowest BCUT2D eigenvalue weighted by atomic mass is 10.2. The molecule has 2 aromatic rings. The summed E-state index contributed by atoms with van der Waals surface area (Å²) < 4.78 is 5.31. The zero-order valence-electron chi connectivity index (χ0n) is 11.1. The van der Waals surface area contributed by atoms with Crippen molar-refractivity contribution in [1.29, 1.82) is 0 Å². The van der Waals surface area contributed by atoms with Crippen molar-refractivity contribution in [3.63, 3.8) is 0 Å². The van der Waals surface area contributed by atoms with Crippen molar-refractivity contribution < 1.29 is 9.84 Å². The van der Waals surface area contributed by atoms with E-state index < -0.39 is 6.10 Å². The molecule has 0 aliphatic rings.